The fourth-order valence-electron chi connectivity index (χ4n) is 7.95. The summed E-state index contributed by atoms with van der Waals surface area (Å²) in [6, 6.07) is 10.9. The van der Waals surface area contributed by atoms with Crippen LogP contribution in [0.3, 0.4) is 0 Å². The van der Waals surface area contributed by atoms with Crippen LogP contribution in [0.2, 0.25) is 5.02 Å². The highest BCUT2D eigenvalue weighted by molar-refractivity contribution is 6.30. The first-order valence-electron chi connectivity index (χ1n) is 18.9. The van der Waals surface area contributed by atoms with Gasteiger partial charge < -0.3 is 30.9 Å². The Morgan fingerprint density at radius 3 is 2.50 bits per heavy atom. The molecule has 4 atom stereocenters. The molecule has 6 amide bonds. The zero-order valence-electron chi connectivity index (χ0n) is 30.9. The van der Waals surface area contributed by atoms with Crippen molar-refractivity contribution in [1.82, 2.24) is 35.7 Å². The Hall–Kier alpha value is -5.45. The summed E-state index contributed by atoms with van der Waals surface area (Å²) >= 11 is 6.16. The summed E-state index contributed by atoms with van der Waals surface area (Å²) in [5.74, 6) is -2.10. The van der Waals surface area contributed by atoms with E-state index in [0.29, 0.717) is 62.1 Å². The zero-order chi connectivity index (χ0) is 39.5. The fraction of sp³-hybridized carbons (Fsp3) is 0.436. The maximum atomic E-state index is 14.0. The van der Waals surface area contributed by atoms with Crippen LogP contribution in [0, 0.1) is 0 Å². The number of piperazine rings is 1. The number of aromatic nitrogens is 2. The second kappa shape index (κ2) is 16.7. The summed E-state index contributed by atoms with van der Waals surface area (Å²) < 4.78 is 0. The van der Waals surface area contributed by atoms with Crippen LogP contribution in [0.5, 0.6) is 0 Å². The van der Waals surface area contributed by atoms with Crippen molar-refractivity contribution in [2.75, 3.05) is 62.6 Å². The fourth-order valence-corrected chi connectivity index (χ4v) is 8.08. The smallest absolute Gasteiger partial charge is 0.264 e. The van der Waals surface area contributed by atoms with Gasteiger partial charge in [0.2, 0.25) is 23.6 Å². The Labute approximate surface area is 328 Å². The highest BCUT2D eigenvalue weighted by Crippen LogP contribution is 2.43. The molecule has 3 aromatic rings. The first-order chi connectivity index (χ1) is 27.0. The first-order valence-corrected chi connectivity index (χ1v) is 19.3. The quantitative estimate of drug-likeness (QED) is 0.124. The number of carbonyl (C=O) groups excluding carboxylic acids is 6. The third-order valence-corrected chi connectivity index (χ3v) is 11.1. The van der Waals surface area contributed by atoms with Crippen molar-refractivity contribution in [3.05, 3.63) is 81.8 Å². The summed E-state index contributed by atoms with van der Waals surface area (Å²) in [4.78, 5) is 91.0. The molecule has 7 rings (SSSR count). The van der Waals surface area contributed by atoms with Gasteiger partial charge in [-0.15, -0.1) is 0 Å². The van der Waals surface area contributed by atoms with Crippen LogP contribution in [0.1, 0.15) is 88.1 Å². The second-order valence-electron chi connectivity index (χ2n) is 14.5. The summed E-state index contributed by atoms with van der Waals surface area (Å²) in [5.41, 5.74) is 3.20. The number of anilines is 2. The van der Waals surface area contributed by atoms with Gasteiger partial charge >= 0.3 is 0 Å². The molecule has 56 heavy (non-hydrogen) atoms. The summed E-state index contributed by atoms with van der Waals surface area (Å²) in [7, 11) is 0. The Morgan fingerprint density at radius 2 is 1.75 bits per heavy atom. The van der Waals surface area contributed by atoms with E-state index in [2.05, 4.69) is 43.1 Å². The van der Waals surface area contributed by atoms with Gasteiger partial charge in [-0.3, -0.25) is 39.0 Å². The lowest BCUT2D eigenvalue weighted by atomic mass is 9.97. The number of imide groups is 2. The summed E-state index contributed by atoms with van der Waals surface area (Å²) in [6.07, 6.45) is 1.78. The minimum atomic E-state index is -1.06. The molecule has 0 bridgehead atoms. The van der Waals surface area contributed by atoms with Gasteiger partial charge in [-0.2, -0.15) is 0 Å². The average Bonchev–Trinajstić information content (AvgIpc) is 3.63. The number of halogens is 1. The van der Waals surface area contributed by atoms with Crippen molar-refractivity contribution in [1.29, 1.82) is 0 Å². The maximum Gasteiger partial charge on any atom is 0.264 e. The number of hydrogen-bond donors (Lipinski definition) is 5. The molecule has 4 unspecified atom stereocenters. The van der Waals surface area contributed by atoms with E-state index in [4.69, 9.17) is 11.6 Å². The summed E-state index contributed by atoms with van der Waals surface area (Å²) in [5, 5.41) is 22.4. The summed E-state index contributed by atoms with van der Waals surface area (Å²) in [6.45, 7) is 5.39. The number of piperidine rings is 1. The molecule has 0 radical (unpaired) electrons. The number of amides is 6. The van der Waals surface area contributed by atoms with E-state index < -0.39 is 41.7 Å². The normalized spacial score (nSPS) is 21.1. The van der Waals surface area contributed by atoms with E-state index in [0.717, 1.165) is 21.8 Å². The standard InChI is InChI=1S/C39H44ClN9O7/c1-22-19-29(50)34-32(22)35(45-21-44-34)47-15-17-48(18-16-47)37(54)26(23-5-7-24(40)8-6-23)20-41-12-11-30(51)43-14-13-42-27-4-2-3-25-33(27)39(56)49(38(25)55)28-9-10-31(52)46-36(28)53/h2-8,21-22,26,28-29,41-42,50H,9-20H2,1H3,(H,43,51)(H,46,52,53). The SMILES string of the molecule is CC1CC(O)c2ncnc(N3CCN(C(=O)C(CNCCC(=O)NCCNc4cccc5c4C(=O)N(C4CCC(=O)NC4=O)C5=O)c4ccc(Cl)cc4)CC3)c21. The number of nitrogens with zero attached hydrogens (tertiary/aromatic N) is 5. The van der Waals surface area contributed by atoms with Crippen molar-refractivity contribution in [2.24, 2.45) is 0 Å². The highest BCUT2D eigenvalue weighted by Gasteiger charge is 2.45. The van der Waals surface area contributed by atoms with Crippen LogP contribution in [0.4, 0.5) is 11.5 Å². The molecule has 5 N–H and O–H groups in total. The van der Waals surface area contributed by atoms with E-state index in [9.17, 15) is 33.9 Å². The number of rotatable bonds is 13. The number of nitrogens with one attached hydrogen (secondary N) is 4. The Bertz CT molecular complexity index is 2040. The maximum absolute atomic E-state index is 14.0. The minimum absolute atomic E-state index is 0.0282. The molecule has 17 heteroatoms. The molecule has 16 nitrogen and oxygen atoms in total. The molecular formula is C39H44ClN9O7. The van der Waals surface area contributed by atoms with Gasteiger partial charge in [0.25, 0.3) is 11.8 Å². The molecular weight excluding hydrogens is 742 g/mol. The van der Waals surface area contributed by atoms with Crippen molar-refractivity contribution in [3.63, 3.8) is 0 Å². The molecule has 4 heterocycles. The molecule has 1 aliphatic carbocycles. The topological polar surface area (TPSA) is 206 Å². The lowest BCUT2D eigenvalue weighted by molar-refractivity contribution is -0.136. The first kappa shape index (κ1) is 38.8. The zero-order valence-corrected chi connectivity index (χ0v) is 31.7. The number of hydrogen-bond acceptors (Lipinski definition) is 12. The Balaban J connectivity index is 0.881. The lowest BCUT2D eigenvalue weighted by Crippen LogP contribution is -2.54. The molecule has 294 valence electrons. The molecule has 1 aromatic heterocycles. The average molecular weight is 786 g/mol. The monoisotopic (exact) mass is 785 g/mol. The van der Waals surface area contributed by atoms with Crippen LogP contribution >= 0.6 is 11.6 Å². The highest BCUT2D eigenvalue weighted by atomic mass is 35.5. The van der Waals surface area contributed by atoms with Gasteiger partial charge in [0, 0.05) is 81.5 Å². The Morgan fingerprint density at radius 1 is 0.982 bits per heavy atom. The van der Waals surface area contributed by atoms with Crippen molar-refractivity contribution >= 4 is 58.5 Å². The van der Waals surface area contributed by atoms with Crippen LogP contribution in [-0.2, 0) is 19.2 Å². The third kappa shape index (κ3) is 7.94. The third-order valence-electron chi connectivity index (χ3n) is 10.8. The lowest BCUT2D eigenvalue weighted by Gasteiger charge is -2.38. The van der Waals surface area contributed by atoms with E-state index in [1.807, 2.05) is 17.0 Å². The molecule has 3 aliphatic heterocycles. The van der Waals surface area contributed by atoms with Gasteiger partial charge in [0.15, 0.2) is 0 Å². The van der Waals surface area contributed by atoms with Gasteiger partial charge in [-0.25, -0.2) is 9.97 Å². The minimum Gasteiger partial charge on any atom is -0.387 e. The molecule has 0 spiro atoms. The largest absolute Gasteiger partial charge is 0.387 e. The second-order valence-corrected chi connectivity index (χ2v) is 14.9. The van der Waals surface area contributed by atoms with Gasteiger partial charge in [0.05, 0.1) is 28.8 Å². The van der Waals surface area contributed by atoms with Gasteiger partial charge in [0.1, 0.15) is 18.2 Å². The number of aliphatic hydroxyl groups excluding tert-OH is 1. The van der Waals surface area contributed by atoms with Gasteiger partial charge in [-0.1, -0.05) is 36.7 Å². The number of aliphatic hydroxyl groups is 1. The van der Waals surface area contributed by atoms with E-state index in [-0.39, 0.29) is 61.2 Å². The van der Waals surface area contributed by atoms with Crippen LogP contribution < -0.4 is 26.2 Å². The number of carbonyl (C=O) groups is 6. The van der Waals surface area contributed by atoms with E-state index >= 15 is 0 Å². The predicted octanol–water partition coefficient (Wildman–Crippen LogP) is 1.71. The van der Waals surface area contributed by atoms with Crippen molar-refractivity contribution < 1.29 is 33.9 Å². The molecule has 0 saturated carbocycles. The Kier molecular flexibility index (Phi) is 11.6. The van der Waals surface area contributed by atoms with Crippen LogP contribution in [0.25, 0.3) is 0 Å². The molecule has 2 saturated heterocycles. The van der Waals surface area contributed by atoms with Crippen molar-refractivity contribution in [3.8, 4) is 0 Å². The predicted molar refractivity (Wildman–Crippen MR) is 205 cm³/mol. The van der Waals surface area contributed by atoms with E-state index in [1.165, 1.54) is 12.4 Å². The van der Waals surface area contributed by atoms with E-state index in [1.54, 1.807) is 24.3 Å². The number of benzene rings is 2. The molecule has 4 aliphatic rings. The van der Waals surface area contributed by atoms with Crippen molar-refractivity contribution in [2.45, 2.75) is 56.6 Å². The van der Waals surface area contributed by atoms with Crippen LogP contribution in [-0.4, -0.2) is 119 Å². The van der Waals surface area contributed by atoms with Gasteiger partial charge in [-0.05, 0) is 48.6 Å². The molecule has 2 fully saturated rings. The molecule has 2 aromatic carbocycles. The number of fused-ring (bicyclic) bond motifs is 2. The van der Waals surface area contributed by atoms with Crippen LogP contribution in [0.15, 0.2) is 48.8 Å².